The number of fused-ring (bicyclic) bond motifs is 2. The molecule has 1 amide bonds. The zero-order valence-corrected chi connectivity index (χ0v) is 14.5. The van der Waals surface area contributed by atoms with Gasteiger partial charge >= 0.3 is 0 Å². The molecule has 0 spiro atoms. The maximum atomic E-state index is 13.1. The predicted molar refractivity (Wildman–Crippen MR) is 101 cm³/mol. The van der Waals surface area contributed by atoms with Crippen LogP contribution in [0.3, 0.4) is 0 Å². The molecule has 1 atom stereocenters. The molecular formula is C20H17N5O2. The van der Waals surface area contributed by atoms with Crippen molar-refractivity contribution in [1.29, 1.82) is 0 Å². The Balaban J connectivity index is 1.54. The number of rotatable bonds is 2. The van der Waals surface area contributed by atoms with E-state index in [1.54, 1.807) is 29.3 Å². The molecule has 7 nitrogen and oxygen atoms in total. The number of aromatic nitrogens is 4. The van der Waals surface area contributed by atoms with Crippen molar-refractivity contribution in [1.82, 2.24) is 24.3 Å². The molecule has 1 aromatic carbocycles. The third-order valence-electron chi connectivity index (χ3n) is 5.08. The second-order valence-electron chi connectivity index (χ2n) is 6.70. The number of likely N-dealkylation sites (tertiary alicyclic amines) is 1. The summed E-state index contributed by atoms with van der Waals surface area (Å²) in [5.74, 6) is 0.463. The van der Waals surface area contributed by atoms with Crippen molar-refractivity contribution in [2.75, 3.05) is 6.54 Å². The molecule has 5 rings (SSSR count). The number of nitrogens with one attached hydrogen (secondary N) is 1. The maximum absolute atomic E-state index is 13.1. The van der Waals surface area contributed by atoms with E-state index in [0.29, 0.717) is 12.2 Å². The number of nitrogens with zero attached hydrogens (tertiary/aromatic N) is 4. The van der Waals surface area contributed by atoms with Gasteiger partial charge < -0.3 is 9.88 Å². The fraction of sp³-hybridized carbons (Fsp3) is 0.200. The minimum Gasteiger partial charge on any atom is -0.340 e. The first-order valence-electron chi connectivity index (χ1n) is 8.94. The predicted octanol–water partition coefficient (Wildman–Crippen LogP) is 2.55. The number of aromatic amines is 1. The summed E-state index contributed by atoms with van der Waals surface area (Å²) in [6, 6.07) is 12.9. The van der Waals surface area contributed by atoms with Crippen molar-refractivity contribution < 1.29 is 4.79 Å². The lowest BCUT2D eigenvalue weighted by molar-refractivity contribution is 0.0728. The Morgan fingerprint density at radius 1 is 1.15 bits per heavy atom. The Labute approximate surface area is 154 Å². The van der Waals surface area contributed by atoms with Crippen LogP contribution in [0.2, 0.25) is 0 Å². The highest BCUT2D eigenvalue weighted by Crippen LogP contribution is 2.32. The van der Waals surface area contributed by atoms with Gasteiger partial charge in [-0.3, -0.25) is 14.0 Å². The smallest absolute Gasteiger partial charge is 0.270 e. The molecule has 1 fully saturated rings. The van der Waals surface area contributed by atoms with Gasteiger partial charge in [0.15, 0.2) is 0 Å². The van der Waals surface area contributed by atoms with Gasteiger partial charge in [0.1, 0.15) is 17.0 Å². The largest absolute Gasteiger partial charge is 0.340 e. The second kappa shape index (κ2) is 6.05. The van der Waals surface area contributed by atoms with Crippen LogP contribution in [0.15, 0.2) is 59.7 Å². The Bertz CT molecular complexity index is 1190. The molecule has 27 heavy (non-hydrogen) atoms. The van der Waals surface area contributed by atoms with Gasteiger partial charge in [-0.15, -0.1) is 0 Å². The molecule has 4 aromatic rings. The molecule has 1 aliphatic heterocycles. The summed E-state index contributed by atoms with van der Waals surface area (Å²) in [4.78, 5) is 39.8. The number of pyridine rings is 1. The van der Waals surface area contributed by atoms with Crippen LogP contribution in [0, 0.1) is 0 Å². The first-order chi connectivity index (χ1) is 13.2. The summed E-state index contributed by atoms with van der Waals surface area (Å²) in [7, 11) is 0. The lowest BCUT2D eigenvalue weighted by Crippen LogP contribution is -2.36. The van der Waals surface area contributed by atoms with Crippen LogP contribution in [-0.2, 0) is 0 Å². The van der Waals surface area contributed by atoms with E-state index in [0.717, 1.165) is 29.7 Å². The van der Waals surface area contributed by atoms with E-state index >= 15 is 0 Å². The summed E-state index contributed by atoms with van der Waals surface area (Å²) in [6.45, 7) is 0.595. The fourth-order valence-corrected chi connectivity index (χ4v) is 3.75. The first kappa shape index (κ1) is 15.7. The number of carbonyl (C=O) groups is 1. The van der Waals surface area contributed by atoms with Crippen LogP contribution in [0.4, 0.5) is 0 Å². The fourth-order valence-electron chi connectivity index (χ4n) is 3.75. The highest BCUT2D eigenvalue weighted by molar-refractivity contribution is 5.94. The molecule has 0 saturated carbocycles. The number of H-pyrrole nitrogens is 1. The van der Waals surface area contributed by atoms with Gasteiger partial charge in [0.2, 0.25) is 0 Å². The first-order valence-corrected chi connectivity index (χ1v) is 8.94. The standard InChI is InChI=1S/C20H17N5O2/c26-19(13-12-21-17-9-3-4-10-25(17)20(13)27)24-11-5-8-16(24)18-22-14-6-1-2-7-15(14)23-18/h1-4,6-7,9-10,12,16H,5,8,11H2,(H,22,23). The van der Waals surface area contributed by atoms with Crippen LogP contribution in [0.25, 0.3) is 16.7 Å². The maximum Gasteiger partial charge on any atom is 0.270 e. The summed E-state index contributed by atoms with van der Waals surface area (Å²) >= 11 is 0. The van der Waals surface area contributed by atoms with Crippen molar-refractivity contribution in [3.8, 4) is 0 Å². The molecule has 1 unspecified atom stereocenters. The molecule has 1 N–H and O–H groups in total. The van der Waals surface area contributed by atoms with Gasteiger partial charge in [-0.05, 0) is 37.1 Å². The van der Waals surface area contributed by atoms with Gasteiger partial charge in [-0.2, -0.15) is 0 Å². The van der Waals surface area contributed by atoms with Crippen molar-refractivity contribution >= 4 is 22.6 Å². The molecule has 1 aliphatic rings. The van der Waals surface area contributed by atoms with E-state index < -0.39 is 0 Å². The molecule has 134 valence electrons. The van der Waals surface area contributed by atoms with Gasteiger partial charge in [-0.1, -0.05) is 18.2 Å². The van der Waals surface area contributed by atoms with E-state index in [2.05, 4.69) is 15.0 Å². The minimum atomic E-state index is -0.346. The van der Waals surface area contributed by atoms with Gasteiger partial charge in [0.05, 0.1) is 17.1 Å². The SMILES string of the molecule is O=C(c1cnc2ccccn2c1=O)N1CCCC1c1nc2ccccc2[nH]1. The molecule has 1 saturated heterocycles. The lowest BCUT2D eigenvalue weighted by Gasteiger charge is -2.22. The third kappa shape index (κ3) is 2.51. The highest BCUT2D eigenvalue weighted by atomic mass is 16.2. The number of hydrogen-bond acceptors (Lipinski definition) is 4. The molecule has 3 aromatic heterocycles. The summed E-state index contributed by atoms with van der Waals surface area (Å²) in [5, 5.41) is 0. The van der Waals surface area contributed by atoms with Gasteiger partial charge in [-0.25, -0.2) is 9.97 Å². The van der Waals surface area contributed by atoms with Crippen molar-refractivity contribution in [2.45, 2.75) is 18.9 Å². The van der Waals surface area contributed by atoms with Gasteiger partial charge in [0, 0.05) is 18.9 Å². The van der Waals surface area contributed by atoms with Crippen LogP contribution in [-0.4, -0.2) is 36.7 Å². The number of imidazole rings is 1. The molecular weight excluding hydrogens is 342 g/mol. The van der Waals surface area contributed by atoms with E-state index in [9.17, 15) is 9.59 Å². The normalized spacial score (nSPS) is 17.0. The summed E-state index contributed by atoms with van der Waals surface area (Å²) in [5.41, 5.74) is 2.08. The zero-order valence-electron chi connectivity index (χ0n) is 14.5. The summed E-state index contributed by atoms with van der Waals surface area (Å²) in [6.07, 6.45) is 4.69. The quantitative estimate of drug-likeness (QED) is 0.596. The number of amides is 1. The number of hydrogen-bond donors (Lipinski definition) is 1. The van der Waals surface area contributed by atoms with E-state index in [-0.39, 0.29) is 23.1 Å². The summed E-state index contributed by atoms with van der Waals surface area (Å²) < 4.78 is 1.40. The topological polar surface area (TPSA) is 83.4 Å². The van der Waals surface area contributed by atoms with Crippen LogP contribution >= 0.6 is 0 Å². The van der Waals surface area contributed by atoms with Crippen LogP contribution < -0.4 is 5.56 Å². The molecule has 0 aliphatic carbocycles. The average Bonchev–Trinajstić information content (AvgIpc) is 3.34. The monoisotopic (exact) mass is 359 g/mol. The Morgan fingerprint density at radius 2 is 2.00 bits per heavy atom. The van der Waals surface area contributed by atoms with Gasteiger partial charge in [0.25, 0.3) is 11.5 Å². The Hall–Kier alpha value is -3.48. The third-order valence-corrected chi connectivity index (χ3v) is 5.08. The van der Waals surface area contributed by atoms with Crippen molar-refractivity contribution in [3.63, 3.8) is 0 Å². The Morgan fingerprint density at radius 3 is 2.89 bits per heavy atom. The number of para-hydroxylation sites is 2. The minimum absolute atomic E-state index is 0.0849. The van der Waals surface area contributed by atoms with E-state index in [1.165, 1.54) is 10.6 Å². The average molecular weight is 359 g/mol. The molecule has 7 heteroatoms. The molecule has 0 radical (unpaired) electrons. The number of carbonyl (C=O) groups excluding carboxylic acids is 1. The van der Waals surface area contributed by atoms with Crippen LogP contribution in [0.1, 0.15) is 35.1 Å². The highest BCUT2D eigenvalue weighted by Gasteiger charge is 2.34. The van der Waals surface area contributed by atoms with Crippen LogP contribution in [0.5, 0.6) is 0 Å². The number of benzene rings is 1. The van der Waals surface area contributed by atoms with E-state index in [4.69, 9.17) is 0 Å². The van der Waals surface area contributed by atoms with E-state index in [1.807, 2.05) is 24.3 Å². The zero-order chi connectivity index (χ0) is 18.4. The molecule has 0 bridgehead atoms. The second-order valence-corrected chi connectivity index (χ2v) is 6.70. The van der Waals surface area contributed by atoms with Crippen molar-refractivity contribution in [3.05, 3.63) is 76.6 Å². The van der Waals surface area contributed by atoms with Crippen molar-refractivity contribution in [2.24, 2.45) is 0 Å². The lowest BCUT2D eigenvalue weighted by atomic mass is 10.2. The molecule has 4 heterocycles. The Kier molecular flexibility index (Phi) is 3.53.